The Kier molecular flexibility index (Phi) is 49.4. The quantitative estimate of drug-likeness (QED) is 0.108. The van der Waals surface area contributed by atoms with Crippen LogP contribution in [0.3, 0.4) is 0 Å². The molecule has 16 unspecified atom stereocenters. The van der Waals surface area contributed by atoms with Gasteiger partial charge in [-0.1, -0.05) is 12.8 Å². The van der Waals surface area contributed by atoms with Crippen molar-refractivity contribution in [2.45, 2.75) is 360 Å². The largest absolute Gasteiger partial charge is 0.373 e. The third-order valence-corrected chi connectivity index (χ3v) is 27.3. The third-order valence-electron chi connectivity index (χ3n) is 19.9. The topological polar surface area (TPSA) is 341 Å². The molecular weight excluding hydrogens is 1490 g/mol. The first kappa shape index (κ1) is 102. The number of aliphatic hydroxyl groups excluding tert-OH is 4. The van der Waals surface area contributed by atoms with E-state index in [1.165, 1.54) is 12.8 Å². The summed E-state index contributed by atoms with van der Waals surface area (Å²) in [6.45, 7) is 39.8. The van der Waals surface area contributed by atoms with Crippen LogP contribution in [0.2, 0.25) is 0 Å². The third kappa shape index (κ3) is 40.6. The summed E-state index contributed by atoms with van der Waals surface area (Å²) in [4.78, 5) is 0. The minimum atomic E-state index is -1.11. The van der Waals surface area contributed by atoms with Crippen LogP contribution in [0.15, 0.2) is 0 Å². The second-order valence-corrected chi connectivity index (χ2v) is 39.3. The van der Waals surface area contributed by atoms with Crippen LogP contribution in [0, 0.1) is 0 Å². The van der Waals surface area contributed by atoms with Crippen molar-refractivity contribution in [2.24, 2.45) is 0 Å². The van der Waals surface area contributed by atoms with Gasteiger partial charge in [-0.05, 0) is 249 Å². The van der Waals surface area contributed by atoms with Gasteiger partial charge in [-0.25, -0.2) is 0 Å². The molecule has 0 bridgehead atoms. The Hall–Kier alpha value is 0.750. The average molecular weight is 1640 g/mol. The van der Waals surface area contributed by atoms with Crippen molar-refractivity contribution in [3.8, 4) is 0 Å². The lowest BCUT2D eigenvalue weighted by Gasteiger charge is -2.37. The standard InChI is InChI=1S/C9H16O3.C9H16O2S.2C8H16O3.C8H16O2S.2C7H14O3.3C7H14O2S/c10-9-5-2-1-4-8(9)11-6-3-7-12-9;10-9-5-2-1-4-8(9)12-7-3-6-11-9;1-8(2)7(9)10-5-3-4-6-11-8;1-7-8(2,9)11-6-4-3-5-10-7;1-7-8(2,9)10-5-3-4-6-11-7;1-7(2)6(8)9-4-3-5-10-7;1-6-7(2,8)10-5-3-4-9-6;2*1-7(2)6(8)9-4-3-5-10-7;1-6-7(2,8)9-4-3-5-10-6/h2*8,10H,1-7H2;3*7,9H,3-6H2,1-2H3;5*6,8H,3-5H2,1-2H3. The van der Waals surface area contributed by atoms with Gasteiger partial charge in [0.1, 0.15) is 29.5 Å². The van der Waals surface area contributed by atoms with Crippen molar-refractivity contribution < 1.29 is 122 Å². The SMILES string of the molecule is CC1(C)OCCCCOC1O.CC1(C)OCCCOC1O.CC1(C)SCCCOC1O.CC1(C)SCCCOC1O.CC1OCCCCOC1(C)O.CC1OCCCOC1(C)O.CC1SCCCCOC1(C)O.CC1SCCCOC1(C)O.OC12CCCCC1OCCCO2.OC12CCCCC1SCCCO2. The minimum Gasteiger partial charge on any atom is -0.373 e. The number of ether oxygens (including phenoxy) is 15. The van der Waals surface area contributed by atoms with Gasteiger partial charge in [-0.3, -0.25) is 0 Å². The van der Waals surface area contributed by atoms with E-state index in [1.807, 2.05) is 94.8 Å². The maximum atomic E-state index is 10.1. The molecular formula is C77H150O25S5. The molecule has 10 heterocycles. The number of hydrogen-bond donors (Lipinski definition) is 10. The molecule has 638 valence electrons. The van der Waals surface area contributed by atoms with E-state index in [0.717, 1.165) is 171 Å². The number of thioether (sulfide) groups is 5. The monoisotopic (exact) mass is 1630 g/mol. The van der Waals surface area contributed by atoms with Crippen molar-refractivity contribution in [1.29, 1.82) is 0 Å². The van der Waals surface area contributed by atoms with Crippen LogP contribution in [0.5, 0.6) is 0 Å². The van der Waals surface area contributed by atoms with Crippen molar-refractivity contribution in [1.82, 2.24) is 0 Å². The molecule has 12 fully saturated rings. The molecule has 2 saturated carbocycles. The van der Waals surface area contributed by atoms with E-state index in [2.05, 4.69) is 0 Å². The Morgan fingerprint density at radius 3 is 1.10 bits per heavy atom. The van der Waals surface area contributed by atoms with Crippen LogP contribution in [0.1, 0.15) is 246 Å². The van der Waals surface area contributed by atoms with Gasteiger partial charge in [0.25, 0.3) is 0 Å². The van der Waals surface area contributed by atoms with Crippen LogP contribution >= 0.6 is 58.8 Å². The highest BCUT2D eigenvalue weighted by Gasteiger charge is 2.44. The fourth-order valence-electron chi connectivity index (χ4n) is 11.4. The van der Waals surface area contributed by atoms with Crippen LogP contribution in [-0.2, 0) is 71.1 Å². The van der Waals surface area contributed by atoms with E-state index in [1.54, 1.807) is 74.7 Å². The summed E-state index contributed by atoms with van der Waals surface area (Å²) in [6.07, 6.45) is 18.0. The maximum Gasteiger partial charge on any atom is 0.192 e. The van der Waals surface area contributed by atoms with Crippen LogP contribution in [-0.4, -0.2) is 294 Å². The van der Waals surface area contributed by atoms with E-state index in [4.69, 9.17) is 71.1 Å². The van der Waals surface area contributed by atoms with Gasteiger partial charge in [-0.2, -0.15) is 58.8 Å². The molecule has 16 atom stereocenters. The smallest absolute Gasteiger partial charge is 0.192 e. The molecule has 10 N–H and O–H groups in total. The second-order valence-electron chi connectivity index (χ2n) is 31.6. The maximum absolute atomic E-state index is 10.1. The first-order valence-corrected chi connectivity index (χ1v) is 44.9. The number of aliphatic hydroxyl groups is 10. The summed E-state index contributed by atoms with van der Waals surface area (Å²) < 4.78 is 78.9. The molecule has 10 aliphatic heterocycles. The molecule has 30 heteroatoms. The minimum absolute atomic E-state index is 0.0752. The molecule has 0 aromatic rings. The summed E-state index contributed by atoms with van der Waals surface area (Å²) in [7, 11) is 0. The zero-order chi connectivity index (χ0) is 79.9. The molecule has 0 radical (unpaired) electrons. The van der Waals surface area contributed by atoms with Gasteiger partial charge in [0.15, 0.2) is 59.9 Å². The van der Waals surface area contributed by atoms with E-state index >= 15 is 0 Å². The molecule has 0 aromatic heterocycles. The van der Waals surface area contributed by atoms with Crippen molar-refractivity contribution in [3.05, 3.63) is 0 Å². The van der Waals surface area contributed by atoms with Crippen molar-refractivity contribution >= 4 is 58.8 Å². The number of hydrogen-bond acceptors (Lipinski definition) is 30. The Morgan fingerprint density at radius 1 is 0.271 bits per heavy atom. The van der Waals surface area contributed by atoms with Gasteiger partial charge >= 0.3 is 0 Å². The molecule has 2 aliphatic carbocycles. The first-order chi connectivity index (χ1) is 50.1. The summed E-state index contributed by atoms with van der Waals surface area (Å²) in [5, 5.41) is 96.6. The first-order valence-electron chi connectivity index (χ1n) is 39.8. The molecule has 10 saturated heterocycles. The zero-order valence-electron chi connectivity index (χ0n) is 68.4. The van der Waals surface area contributed by atoms with Gasteiger partial charge in [-0.15, -0.1) is 0 Å². The van der Waals surface area contributed by atoms with Crippen molar-refractivity contribution in [3.63, 3.8) is 0 Å². The van der Waals surface area contributed by atoms with E-state index in [0.29, 0.717) is 84.5 Å². The lowest BCUT2D eigenvalue weighted by atomic mass is 9.91. The second kappa shape index (κ2) is 51.8. The highest BCUT2D eigenvalue weighted by atomic mass is 32.2. The van der Waals surface area contributed by atoms with E-state index < -0.39 is 71.1 Å². The molecule has 0 amide bonds. The lowest BCUT2D eigenvalue weighted by Crippen LogP contribution is -2.47. The van der Waals surface area contributed by atoms with Crippen molar-refractivity contribution in [2.75, 3.05) is 128 Å². The molecule has 0 aromatic carbocycles. The van der Waals surface area contributed by atoms with E-state index in [-0.39, 0.29) is 38.3 Å². The molecule has 25 nitrogen and oxygen atoms in total. The van der Waals surface area contributed by atoms with Crippen LogP contribution < -0.4 is 0 Å². The highest BCUT2D eigenvalue weighted by molar-refractivity contribution is 8.01. The molecule has 107 heavy (non-hydrogen) atoms. The Morgan fingerprint density at radius 2 is 0.589 bits per heavy atom. The number of fused-ring (bicyclic) bond motifs is 2. The normalized spacial score (nSPS) is 38.9. The molecule has 12 rings (SSSR count). The fourth-order valence-corrected chi connectivity index (χ4v) is 16.8. The summed E-state index contributed by atoms with van der Waals surface area (Å²) >= 11 is 9.00. The lowest BCUT2D eigenvalue weighted by molar-refractivity contribution is -0.264. The van der Waals surface area contributed by atoms with Gasteiger partial charge in [0.2, 0.25) is 0 Å². The van der Waals surface area contributed by atoms with Gasteiger partial charge in [0.05, 0.1) is 84.7 Å². The summed E-state index contributed by atoms with van der Waals surface area (Å²) in [5.74, 6) is -0.240. The predicted molar refractivity (Wildman–Crippen MR) is 427 cm³/mol. The number of rotatable bonds is 0. The Labute approximate surface area is 665 Å². The average Bonchev–Trinajstić information content (AvgIpc) is 1.81. The van der Waals surface area contributed by atoms with Gasteiger partial charge < -0.3 is 122 Å². The Balaban J connectivity index is 0.000000309. The molecule has 12 aliphatic rings. The van der Waals surface area contributed by atoms with Gasteiger partial charge in [0, 0.05) is 52.5 Å². The van der Waals surface area contributed by atoms with Crippen LogP contribution in [0.25, 0.3) is 0 Å². The summed E-state index contributed by atoms with van der Waals surface area (Å²) in [6, 6.07) is 0. The van der Waals surface area contributed by atoms with E-state index in [9.17, 15) is 51.1 Å². The fraction of sp³-hybridized carbons (Fsp3) is 1.00. The zero-order valence-corrected chi connectivity index (χ0v) is 72.5. The molecule has 0 spiro atoms. The Bertz CT molecular complexity index is 2000. The highest BCUT2D eigenvalue weighted by Crippen LogP contribution is 2.40. The summed E-state index contributed by atoms with van der Waals surface area (Å²) in [5.41, 5.74) is -1.10. The predicted octanol–water partition coefficient (Wildman–Crippen LogP) is 11.0. The van der Waals surface area contributed by atoms with Crippen LogP contribution in [0.4, 0.5) is 0 Å².